The smallest absolute Gasteiger partial charge is 0.0546 e. The zero-order valence-electron chi connectivity index (χ0n) is 10.2. The van der Waals surface area contributed by atoms with Gasteiger partial charge in [-0.2, -0.15) is 5.10 Å². The summed E-state index contributed by atoms with van der Waals surface area (Å²) in [4.78, 5) is 0. The van der Waals surface area contributed by atoms with Crippen molar-refractivity contribution < 1.29 is 0 Å². The molecule has 3 aromatic rings. The topological polar surface area (TPSA) is 24.4 Å². The minimum atomic E-state index is 1.14. The summed E-state index contributed by atoms with van der Waals surface area (Å²) in [7, 11) is 1.81. The Bertz CT molecular complexity index is 729. The lowest BCUT2D eigenvalue weighted by molar-refractivity contribution is 0.908. The van der Waals surface area contributed by atoms with Crippen LogP contribution in [0.5, 0.6) is 0 Å². The van der Waals surface area contributed by atoms with Crippen LogP contribution in [0.3, 0.4) is 0 Å². The van der Waals surface area contributed by atoms with Crippen molar-refractivity contribution in [1.82, 2.24) is 5.43 Å². The summed E-state index contributed by atoms with van der Waals surface area (Å²) in [5, 5.41) is 9.16. The van der Waals surface area contributed by atoms with Crippen molar-refractivity contribution in [2.24, 2.45) is 5.10 Å². The summed E-state index contributed by atoms with van der Waals surface area (Å²) in [6.45, 7) is 0. The van der Waals surface area contributed by atoms with Gasteiger partial charge in [0.25, 0.3) is 0 Å². The van der Waals surface area contributed by atoms with E-state index < -0.39 is 0 Å². The van der Waals surface area contributed by atoms with Crippen LogP contribution < -0.4 is 5.43 Å². The second-order valence-electron chi connectivity index (χ2n) is 4.21. The highest BCUT2D eigenvalue weighted by atomic mass is 15.3. The van der Waals surface area contributed by atoms with Gasteiger partial charge in [0.15, 0.2) is 0 Å². The number of nitrogens with one attached hydrogen (secondary N) is 1. The molecule has 0 bridgehead atoms. The van der Waals surface area contributed by atoms with Crippen LogP contribution >= 0.6 is 0 Å². The van der Waals surface area contributed by atoms with Crippen LogP contribution in [0.15, 0.2) is 59.7 Å². The Morgan fingerprint density at radius 3 is 2.33 bits per heavy atom. The number of hydrogen-bond acceptors (Lipinski definition) is 2. The highest BCUT2D eigenvalue weighted by Crippen LogP contribution is 2.27. The lowest BCUT2D eigenvalue weighted by Gasteiger charge is -2.07. The summed E-state index contributed by atoms with van der Waals surface area (Å²) in [6.07, 6.45) is 1.87. The van der Waals surface area contributed by atoms with Gasteiger partial charge < -0.3 is 5.43 Å². The minimum Gasteiger partial charge on any atom is -0.313 e. The van der Waals surface area contributed by atoms with Crippen molar-refractivity contribution >= 4 is 27.8 Å². The van der Waals surface area contributed by atoms with Gasteiger partial charge in [0.05, 0.1) is 6.21 Å². The van der Waals surface area contributed by atoms with Crippen LogP contribution in [-0.4, -0.2) is 13.3 Å². The maximum Gasteiger partial charge on any atom is 0.0546 e. The largest absolute Gasteiger partial charge is 0.313 e. The third-order valence-corrected chi connectivity index (χ3v) is 3.13. The first-order valence-corrected chi connectivity index (χ1v) is 6.00. The standard InChI is InChI=1S/C16H14N2/c1-17-18-11-13-10-12-6-2-3-7-14(12)16-9-5-4-8-15(13)16/h2-11,17H,1H3/b18-11-. The van der Waals surface area contributed by atoms with Crippen LogP contribution in [0.2, 0.25) is 0 Å². The summed E-state index contributed by atoms with van der Waals surface area (Å²) in [6, 6.07) is 19.1. The fraction of sp³-hybridized carbons (Fsp3) is 0.0625. The zero-order valence-corrected chi connectivity index (χ0v) is 10.2. The number of hydrazone groups is 1. The molecule has 2 heteroatoms. The molecular formula is C16H14N2. The number of hydrogen-bond donors (Lipinski definition) is 1. The molecule has 0 saturated carbocycles. The van der Waals surface area contributed by atoms with Crippen molar-refractivity contribution in [1.29, 1.82) is 0 Å². The van der Waals surface area contributed by atoms with Gasteiger partial charge in [0, 0.05) is 12.6 Å². The van der Waals surface area contributed by atoms with Crippen LogP contribution in [0.4, 0.5) is 0 Å². The maximum atomic E-state index is 4.12. The van der Waals surface area contributed by atoms with Crippen molar-refractivity contribution in [3.05, 3.63) is 60.2 Å². The van der Waals surface area contributed by atoms with Gasteiger partial charge >= 0.3 is 0 Å². The van der Waals surface area contributed by atoms with Gasteiger partial charge in [-0.15, -0.1) is 0 Å². The molecule has 0 aliphatic heterocycles. The molecule has 3 aromatic carbocycles. The van der Waals surface area contributed by atoms with E-state index in [0.717, 1.165) is 5.56 Å². The van der Waals surface area contributed by atoms with Crippen LogP contribution in [0.25, 0.3) is 21.5 Å². The van der Waals surface area contributed by atoms with E-state index in [4.69, 9.17) is 0 Å². The Balaban J connectivity index is 2.42. The molecule has 0 fully saturated rings. The summed E-state index contributed by atoms with van der Waals surface area (Å²) >= 11 is 0. The average molecular weight is 234 g/mol. The SMILES string of the molecule is CN/N=C\c1cc2ccccc2c2ccccc12. The molecule has 88 valence electrons. The fourth-order valence-electron chi connectivity index (χ4n) is 2.32. The number of nitrogens with zero attached hydrogens (tertiary/aromatic N) is 1. The Hall–Kier alpha value is -2.35. The predicted molar refractivity (Wildman–Crippen MR) is 78.1 cm³/mol. The van der Waals surface area contributed by atoms with E-state index in [1.165, 1.54) is 21.5 Å². The third-order valence-electron chi connectivity index (χ3n) is 3.13. The Morgan fingerprint density at radius 1 is 0.889 bits per heavy atom. The molecule has 0 heterocycles. The molecule has 0 aliphatic carbocycles. The second kappa shape index (κ2) is 4.49. The first-order valence-electron chi connectivity index (χ1n) is 6.00. The van der Waals surface area contributed by atoms with Crippen molar-refractivity contribution in [3.63, 3.8) is 0 Å². The molecule has 0 saturated heterocycles. The van der Waals surface area contributed by atoms with Gasteiger partial charge in [-0.3, -0.25) is 0 Å². The van der Waals surface area contributed by atoms with E-state index in [1.807, 2.05) is 6.21 Å². The zero-order chi connectivity index (χ0) is 12.4. The fourth-order valence-corrected chi connectivity index (χ4v) is 2.32. The molecule has 1 N–H and O–H groups in total. The molecule has 0 unspecified atom stereocenters. The van der Waals surface area contributed by atoms with Crippen LogP contribution in [0.1, 0.15) is 5.56 Å². The van der Waals surface area contributed by atoms with Crippen molar-refractivity contribution in [2.45, 2.75) is 0 Å². The van der Waals surface area contributed by atoms with Crippen LogP contribution in [-0.2, 0) is 0 Å². The summed E-state index contributed by atoms with van der Waals surface area (Å²) < 4.78 is 0. The highest BCUT2D eigenvalue weighted by molar-refractivity contribution is 6.14. The molecule has 0 amide bonds. The summed E-state index contributed by atoms with van der Waals surface area (Å²) in [5.74, 6) is 0. The average Bonchev–Trinajstić information content (AvgIpc) is 2.45. The molecule has 0 radical (unpaired) electrons. The Labute approximate surface area is 106 Å². The van der Waals surface area contributed by atoms with E-state index in [1.54, 1.807) is 7.05 Å². The summed E-state index contributed by atoms with van der Waals surface area (Å²) in [5.41, 5.74) is 3.94. The Kier molecular flexibility index (Phi) is 2.69. The molecule has 0 aromatic heterocycles. The first-order chi connectivity index (χ1) is 8.90. The predicted octanol–water partition coefficient (Wildman–Crippen LogP) is 3.55. The molecule has 0 aliphatic rings. The van der Waals surface area contributed by atoms with Gasteiger partial charge in [0.1, 0.15) is 0 Å². The first kappa shape index (κ1) is 10.8. The third kappa shape index (κ3) is 1.72. The number of benzene rings is 3. The molecule has 2 nitrogen and oxygen atoms in total. The molecule has 0 spiro atoms. The lowest BCUT2D eigenvalue weighted by atomic mass is 9.98. The van der Waals surface area contributed by atoms with E-state index >= 15 is 0 Å². The lowest BCUT2D eigenvalue weighted by Crippen LogP contribution is -1.95. The highest BCUT2D eigenvalue weighted by Gasteiger charge is 2.03. The molecule has 18 heavy (non-hydrogen) atoms. The van der Waals surface area contributed by atoms with Gasteiger partial charge in [-0.25, -0.2) is 0 Å². The van der Waals surface area contributed by atoms with Crippen LogP contribution in [0, 0.1) is 0 Å². The normalized spacial score (nSPS) is 11.4. The van der Waals surface area contributed by atoms with Crippen molar-refractivity contribution in [2.75, 3.05) is 7.05 Å². The minimum absolute atomic E-state index is 1.14. The van der Waals surface area contributed by atoms with E-state index in [0.29, 0.717) is 0 Å². The van der Waals surface area contributed by atoms with Gasteiger partial charge in [0.2, 0.25) is 0 Å². The van der Waals surface area contributed by atoms with Crippen molar-refractivity contribution in [3.8, 4) is 0 Å². The maximum absolute atomic E-state index is 4.12. The molecule has 0 atom stereocenters. The van der Waals surface area contributed by atoms with E-state index in [9.17, 15) is 0 Å². The monoisotopic (exact) mass is 234 g/mol. The molecular weight excluding hydrogens is 220 g/mol. The second-order valence-corrected chi connectivity index (χ2v) is 4.21. The van der Waals surface area contributed by atoms with E-state index in [2.05, 4.69) is 65.1 Å². The van der Waals surface area contributed by atoms with Gasteiger partial charge in [-0.1, -0.05) is 48.5 Å². The quantitative estimate of drug-likeness (QED) is 0.409. The number of fused-ring (bicyclic) bond motifs is 3. The molecule has 3 rings (SSSR count). The Morgan fingerprint density at radius 2 is 1.56 bits per heavy atom. The van der Waals surface area contributed by atoms with E-state index in [-0.39, 0.29) is 0 Å². The number of rotatable bonds is 2. The van der Waals surface area contributed by atoms with Gasteiger partial charge in [-0.05, 0) is 27.6 Å².